The largest absolute Gasteiger partial charge is 0.374 e. The van der Waals surface area contributed by atoms with E-state index in [2.05, 4.69) is 18.0 Å². The summed E-state index contributed by atoms with van der Waals surface area (Å²) in [4.78, 5) is 2.20. The first-order chi connectivity index (χ1) is 6.20. The molecule has 70 valence electrons. The molecular weight excluding hydrogens is 184 g/mol. The lowest BCUT2D eigenvalue weighted by molar-refractivity contribution is 0.614. The Morgan fingerprint density at radius 1 is 1.54 bits per heavy atom. The van der Waals surface area contributed by atoms with Crippen LogP contribution in [0.3, 0.4) is 0 Å². The van der Waals surface area contributed by atoms with Gasteiger partial charge in [0, 0.05) is 35.9 Å². The molecule has 0 saturated carbocycles. The Hall–Kier alpha value is -0.730. The van der Waals surface area contributed by atoms with Gasteiger partial charge in [-0.15, -0.1) is 0 Å². The van der Waals surface area contributed by atoms with E-state index >= 15 is 0 Å². The van der Waals surface area contributed by atoms with E-state index in [4.69, 9.17) is 17.3 Å². The molecule has 0 amide bonds. The second-order valence-electron chi connectivity index (χ2n) is 3.49. The summed E-state index contributed by atoms with van der Waals surface area (Å²) in [6, 6.07) is 6.04. The van der Waals surface area contributed by atoms with Gasteiger partial charge >= 0.3 is 0 Å². The highest BCUT2D eigenvalue weighted by Crippen LogP contribution is 2.36. The Bertz CT molecular complexity index is 325. The molecule has 0 radical (unpaired) electrons. The lowest BCUT2D eigenvalue weighted by Crippen LogP contribution is -2.30. The highest BCUT2D eigenvalue weighted by atomic mass is 35.5. The van der Waals surface area contributed by atoms with Crippen molar-refractivity contribution in [2.24, 2.45) is 5.73 Å². The Morgan fingerprint density at radius 2 is 2.31 bits per heavy atom. The first-order valence-corrected chi connectivity index (χ1v) is 4.83. The Morgan fingerprint density at radius 3 is 3.00 bits per heavy atom. The van der Waals surface area contributed by atoms with Gasteiger partial charge in [-0.1, -0.05) is 17.7 Å². The molecule has 0 bridgehead atoms. The second-order valence-corrected chi connectivity index (χ2v) is 3.90. The third kappa shape index (κ3) is 1.40. The smallest absolute Gasteiger partial charge is 0.0474 e. The van der Waals surface area contributed by atoms with Crippen molar-refractivity contribution in [1.82, 2.24) is 0 Å². The maximum atomic E-state index is 6.10. The molecule has 1 atom stereocenters. The number of rotatable bonds is 0. The van der Waals surface area contributed by atoms with Crippen molar-refractivity contribution in [1.29, 1.82) is 0 Å². The van der Waals surface area contributed by atoms with Gasteiger partial charge in [0.1, 0.15) is 0 Å². The zero-order chi connectivity index (χ0) is 9.42. The zero-order valence-electron chi connectivity index (χ0n) is 7.63. The number of fused-ring (bicyclic) bond motifs is 1. The third-order valence-corrected chi connectivity index (χ3v) is 2.92. The molecule has 0 fully saturated rings. The second kappa shape index (κ2) is 3.20. The predicted octanol–water partition coefficient (Wildman–Crippen LogP) is 2.18. The lowest BCUT2D eigenvalue weighted by Gasteiger charge is -2.31. The van der Waals surface area contributed by atoms with Crippen molar-refractivity contribution >= 4 is 17.3 Å². The fraction of sp³-hybridized carbons (Fsp3) is 0.400. The fourth-order valence-electron chi connectivity index (χ4n) is 1.82. The number of hydrogen-bond acceptors (Lipinski definition) is 2. The molecule has 13 heavy (non-hydrogen) atoms. The third-order valence-electron chi connectivity index (χ3n) is 2.59. The van der Waals surface area contributed by atoms with Gasteiger partial charge in [-0.3, -0.25) is 0 Å². The summed E-state index contributed by atoms with van der Waals surface area (Å²) in [5, 5.41) is 0.788. The first-order valence-electron chi connectivity index (χ1n) is 4.45. The molecule has 1 unspecified atom stereocenters. The van der Waals surface area contributed by atoms with Crippen LogP contribution in [0.2, 0.25) is 5.02 Å². The van der Waals surface area contributed by atoms with Crippen LogP contribution < -0.4 is 10.6 Å². The van der Waals surface area contributed by atoms with Crippen molar-refractivity contribution in [3.05, 3.63) is 28.8 Å². The normalized spacial score (nSPS) is 21.5. The van der Waals surface area contributed by atoms with Crippen LogP contribution in [-0.4, -0.2) is 13.6 Å². The van der Waals surface area contributed by atoms with Crippen LogP contribution in [0.5, 0.6) is 0 Å². The van der Waals surface area contributed by atoms with Gasteiger partial charge in [0.25, 0.3) is 0 Å². The van der Waals surface area contributed by atoms with Crippen molar-refractivity contribution in [3.8, 4) is 0 Å². The molecule has 1 aromatic carbocycles. The minimum Gasteiger partial charge on any atom is -0.374 e. The average molecular weight is 197 g/mol. The number of anilines is 1. The SMILES string of the molecule is CN1CCC(N)c2c(Cl)cccc21. The monoisotopic (exact) mass is 196 g/mol. The van der Waals surface area contributed by atoms with E-state index < -0.39 is 0 Å². The van der Waals surface area contributed by atoms with E-state index in [9.17, 15) is 0 Å². The number of nitrogens with two attached hydrogens (primary N) is 1. The summed E-state index contributed by atoms with van der Waals surface area (Å²) in [5.74, 6) is 0. The van der Waals surface area contributed by atoms with Crippen molar-refractivity contribution in [2.45, 2.75) is 12.5 Å². The van der Waals surface area contributed by atoms with E-state index in [1.165, 1.54) is 5.69 Å². The summed E-state index contributed by atoms with van der Waals surface area (Å²) in [6.45, 7) is 1.01. The molecule has 1 aliphatic heterocycles. The fourth-order valence-corrected chi connectivity index (χ4v) is 2.13. The van der Waals surface area contributed by atoms with Crippen LogP contribution in [0.25, 0.3) is 0 Å². The molecule has 0 saturated heterocycles. The predicted molar refractivity (Wildman–Crippen MR) is 56.3 cm³/mol. The summed E-state index contributed by atoms with van der Waals surface area (Å²) in [7, 11) is 2.07. The summed E-state index contributed by atoms with van der Waals surface area (Å²) < 4.78 is 0. The van der Waals surface area contributed by atoms with E-state index in [1.807, 2.05) is 12.1 Å². The molecule has 1 aromatic rings. The van der Waals surface area contributed by atoms with Crippen molar-refractivity contribution < 1.29 is 0 Å². The van der Waals surface area contributed by atoms with E-state index in [0.29, 0.717) is 0 Å². The van der Waals surface area contributed by atoms with Crippen LogP contribution in [0, 0.1) is 0 Å². The summed E-state index contributed by atoms with van der Waals surface area (Å²) in [5.41, 5.74) is 8.27. The molecule has 1 aliphatic rings. The van der Waals surface area contributed by atoms with Crippen molar-refractivity contribution in [3.63, 3.8) is 0 Å². The molecule has 2 nitrogen and oxygen atoms in total. The highest BCUT2D eigenvalue weighted by Gasteiger charge is 2.22. The standard InChI is InChI=1S/C10H13ClN2/c1-13-6-5-8(12)10-7(11)3-2-4-9(10)13/h2-4,8H,5-6,12H2,1H3. The minimum atomic E-state index is 0.0971. The summed E-state index contributed by atoms with van der Waals surface area (Å²) >= 11 is 6.10. The zero-order valence-corrected chi connectivity index (χ0v) is 8.38. The molecule has 1 heterocycles. The van der Waals surface area contributed by atoms with Gasteiger partial charge in [-0.25, -0.2) is 0 Å². The Kier molecular flexibility index (Phi) is 2.18. The number of hydrogen-bond donors (Lipinski definition) is 1. The first kappa shape index (κ1) is 8.85. The number of nitrogens with zero attached hydrogens (tertiary/aromatic N) is 1. The molecule has 2 N–H and O–H groups in total. The minimum absolute atomic E-state index is 0.0971. The van der Waals surface area contributed by atoms with Gasteiger partial charge in [0.2, 0.25) is 0 Å². The molecule has 2 rings (SSSR count). The van der Waals surface area contributed by atoms with Gasteiger partial charge in [0.05, 0.1) is 0 Å². The molecule has 0 spiro atoms. The maximum Gasteiger partial charge on any atom is 0.0474 e. The van der Waals surface area contributed by atoms with E-state index in [1.54, 1.807) is 0 Å². The van der Waals surface area contributed by atoms with Crippen LogP contribution in [0.1, 0.15) is 18.0 Å². The van der Waals surface area contributed by atoms with Gasteiger partial charge < -0.3 is 10.6 Å². The van der Waals surface area contributed by atoms with E-state index in [0.717, 1.165) is 23.6 Å². The Labute approximate surface area is 83.3 Å². The van der Waals surface area contributed by atoms with Crippen LogP contribution in [0.4, 0.5) is 5.69 Å². The van der Waals surface area contributed by atoms with Gasteiger partial charge in [-0.2, -0.15) is 0 Å². The van der Waals surface area contributed by atoms with Gasteiger partial charge in [0.15, 0.2) is 0 Å². The number of halogens is 1. The number of benzene rings is 1. The lowest BCUT2D eigenvalue weighted by atomic mass is 9.97. The van der Waals surface area contributed by atoms with Crippen LogP contribution in [0.15, 0.2) is 18.2 Å². The maximum absolute atomic E-state index is 6.10. The molecule has 3 heteroatoms. The highest BCUT2D eigenvalue weighted by molar-refractivity contribution is 6.31. The van der Waals surface area contributed by atoms with Gasteiger partial charge in [-0.05, 0) is 18.6 Å². The quantitative estimate of drug-likeness (QED) is 0.689. The molecular formula is C10H13ClN2. The van der Waals surface area contributed by atoms with Crippen LogP contribution >= 0.6 is 11.6 Å². The molecule has 0 aromatic heterocycles. The van der Waals surface area contributed by atoms with E-state index in [-0.39, 0.29) is 6.04 Å². The van der Waals surface area contributed by atoms with Crippen LogP contribution in [-0.2, 0) is 0 Å². The molecule has 0 aliphatic carbocycles. The average Bonchev–Trinajstić information content (AvgIpc) is 2.12. The topological polar surface area (TPSA) is 29.3 Å². The summed E-state index contributed by atoms with van der Waals surface area (Å²) in [6.07, 6.45) is 0.979. The Balaban J connectivity index is 2.56. The van der Waals surface area contributed by atoms with Crippen molar-refractivity contribution in [2.75, 3.05) is 18.5 Å².